The Kier molecular flexibility index (Phi) is 19.6. The molecule has 2 nitrogen and oxygen atoms in total. The van der Waals surface area contributed by atoms with Crippen molar-refractivity contribution in [3.63, 3.8) is 0 Å². The third-order valence-corrected chi connectivity index (χ3v) is 10.4. The highest BCUT2D eigenvalue weighted by atomic mass is 15.2. The molecule has 2 aliphatic carbocycles. The van der Waals surface area contributed by atoms with Crippen molar-refractivity contribution in [3.05, 3.63) is 23.3 Å². The molecule has 240 valence electrons. The van der Waals surface area contributed by atoms with E-state index < -0.39 is 0 Å². The third-order valence-electron chi connectivity index (χ3n) is 10.4. The van der Waals surface area contributed by atoms with Gasteiger partial charge in [0.15, 0.2) is 0 Å². The van der Waals surface area contributed by atoms with Crippen molar-refractivity contribution in [1.82, 2.24) is 9.80 Å². The van der Waals surface area contributed by atoms with Crippen LogP contribution in [-0.4, -0.2) is 48.6 Å². The lowest BCUT2D eigenvalue weighted by Crippen LogP contribution is -2.53. The van der Waals surface area contributed by atoms with Crippen LogP contribution in [0, 0.1) is 23.7 Å². The van der Waals surface area contributed by atoms with Gasteiger partial charge in [-0.3, -0.25) is 9.80 Å². The normalized spacial score (nSPS) is 24.8. The largest absolute Gasteiger partial charge is 0.299 e. The lowest BCUT2D eigenvalue weighted by molar-refractivity contribution is -0.00554. The second-order valence-electron chi connectivity index (χ2n) is 14.9. The van der Waals surface area contributed by atoms with Crippen LogP contribution in [0.5, 0.6) is 0 Å². The molecule has 2 rings (SSSR count). The van der Waals surface area contributed by atoms with Crippen molar-refractivity contribution in [1.29, 1.82) is 0 Å². The molecule has 0 radical (unpaired) electrons. The molecule has 5 atom stereocenters. The Balaban J connectivity index is 2.03. The van der Waals surface area contributed by atoms with Gasteiger partial charge in [0.2, 0.25) is 0 Å². The molecule has 0 aromatic heterocycles. The van der Waals surface area contributed by atoms with Crippen LogP contribution < -0.4 is 0 Å². The van der Waals surface area contributed by atoms with Gasteiger partial charge >= 0.3 is 0 Å². The standard InChI is InChI=1S/C39H74N2/c1-8-10-12-14-16-18-24-40(26-23-34(5)22-20-21-33(3)4)27-28-41(25-19-17-15-13-11-9-2)39-36(7)31-37-29-35(6)30-38(39)32-37/h21,23,35-39H,8-20,22,24-32H2,1-7H3/b34-23+. The second-order valence-corrected chi connectivity index (χ2v) is 14.9. The van der Waals surface area contributed by atoms with E-state index in [-0.39, 0.29) is 0 Å². The number of nitrogens with zero attached hydrogens (tertiary/aromatic N) is 2. The molecule has 0 aliphatic heterocycles. The molecule has 0 saturated heterocycles. The van der Waals surface area contributed by atoms with Crippen molar-refractivity contribution >= 4 is 0 Å². The molecule has 0 heterocycles. The summed E-state index contributed by atoms with van der Waals surface area (Å²) in [4.78, 5) is 5.85. The van der Waals surface area contributed by atoms with E-state index in [1.807, 2.05) is 0 Å². The molecule has 2 fully saturated rings. The second kappa shape index (κ2) is 22.0. The summed E-state index contributed by atoms with van der Waals surface area (Å²) in [5.74, 6) is 3.76. The molecular formula is C39H74N2. The maximum atomic E-state index is 3.03. The molecule has 2 heteroatoms. The minimum Gasteiger partial charge on any atom is -0.299 e. The van der Waals surface area contributed by atoms with Gasteiger partial charge in [-0.1, -0.05) is 115 Å². The van der Waals surface area contributed by atoms with Crippen LogP contribution in [0.1, 0.15) is 164 Å². The van der Waals surface area contributed by atoms with Crippen molar-refractivity contribution < 1.29 is 0 Å². The summed E-state index contributed by atoms with van der Waals surface area (Å²) < 4.78 is 0. The Labute approximate surface area is 259 Å². The first-order valence-electron chi connectivity index (χ1n) is 18.6. The van der Waals surface area contributed by atoms with Gasteiger partial charge in [-0.15, -0.1) is 0 Å². The van der Waals surface area contributed by atoms with Gasteiger partial charge in [-0.05, 0) is 109 Å². The SMILES string of the molecule is CCCCCCCCN(C/C=C(\C)CCC=C(C)C)CCN(CCCCCCCC)C1C(C)CC2CC(C)CC1C2. The van der Waals surface area contributed by atoms with E-state index in [4.69, 9.17) is 0 Å². The summed E-state index contributed by atoms with van der Waals surface area (Å²) in [7, 11) is 0. The number of hydrogen-bond acceptors (Lipinski definition) is 2. The maximum Gasteiger partial charge on any atom is 0.0166 e. The van der Waals surface area contributed by atoms with Crippen molar-refractivity contribution in [2.24, 2.45) is 23.7 Å². The summed E-state index contributed by atoms with van der Waals surface area (Å²) in [6.07, 6.45) is 30.2. The first kappa shape index (κ1) is 36.6. The highest BCUT2D eigenvalue weighted by Gasteiger charge is 2.42. The van der Waals surface area contributed by atoms with E-state index in [2.05, 4.69) is 70.4 Å². The predicted molar refractivity (Wildman–Crippen MR) is 185 cm³/mol. The zero-order valence-corrected chi connectivity index (χ0v) is 29.2. The summed E-state index contributed by atoms with van der Waals surface area (Å²) in [6.45, 7) is 22.9. The highest BCUT2D eigenvalue weighted by Crippen LogP contribution is 2.46. The zero-order chi connectivity index (χ0) is 29.9. The Morgan fingerprint density at radius 1 is 0.659 bits per heavy atom. The molecule has 0 N–H and O–H groups in total. The number of hydrogen-bond donors (Lipinski definition) is 0. The van der Waals surface area contributed by atoms with Crippen LogP contribution >= 0.6 is 0 Å². The molecule has 0 aromatic carbocycles. The predicted octanol–water partition coefficient (Wildman–Crippen LogP) is 11.5. The fraction of sp³-hybridized carbons (Fsp3) is 0.897. The van der Waals surface area contributed by atoms with Crippen molar-refractivity contribution in [2.45, 2.75) is 170 Å². The molecule has 2 saturated carbocycles. The molecule has 0 spiro atoms. The molecule has 2 aliphatic rings. The van der Waals surface area contributed by atoms with Crippen molar-refractivity contribution in [2.75, 3.05) is 32.7 Å². The van der Waals surface area contributed by atoms with Gasteiger partial charge in [0.1, 0.15) is 0 Å². The van der Waals surface area contributed by atoms with Gasteiger partial charge in [-0.2, -0.15) is 0 Å². The summed E-state index contributed by atoms with van der Waals surface area (Å²) in [5, 5.41) is 0. The number of allylic oxidation sites excluding steroid dienone is 3. The van der Waals surface area contributed by atoms with Crippen LogP contribution in [0.2, 0.25) is 0 Å². The lowest BCUT2D eigenvalue weighted by atomic mass is 9.62. The monoisotopic (exact) mass is 571 g/mol. The zero-order valence-electron chi connectivity index (χ0n) is 29.2. The van der Waals surface area contributed by atoms with Crippen LogP contribution in [0.25, 0.3) is 0 Å². The Bertz CT molecular complexity index is 700. The first-order chi connectivity index (χ1) is 19.8. The summed E-state index contributed by atoms with van der Waals surface area (Å²) >= 11 is 0. The minimum atomic E-state index is 0.821. The molecule has 0 aromatic rings. The Morgan fingerprint density at radius 3 is 1.95 bits per heavy atom. The first-order valence-corrected chi connectivity index (χ1v) is 18.6. The third kappa shape index (κ3) is 15.6. The quantitative estimate of drug-likeness (QED) is 0.0890. The number of rotatable bonds is 23. The van der Waals surface area contributed by atoms with Crippen LogP contribution in [-0.2, 0) is 0 Å². The van der Waals surface area contributed by atoms with Gasteiger partial charge < -0.3 is 0 Å². The molecule has 41 heavy (non-hydrogen) atoms. The van der Waals surface area contributed by atoms with E-state index in [9.17, 15) is 0 Å². The number of fused-ring (bicyclic) bond motifs is 2. The van der Waals surface area contributed by atoms with E-state index in [1.165, 1.54) is 147 Å². The summed E-state index contributed by atoms with van der Waals surface area (Å²) in [6, 6.07) is 0.821. The van der Waals surface area contributed by atoms with Crippen molar-refractivity contribution in [3.8, 4) is 0 Å². The molecular weight excluding hydrogens is 496 g/mol. The van der Waals surface area contributed by atoms with Gasteiger partial charge in [0.25, 0.3) is 0 Å². The van der Waals surface area contributed by atoms with E-state index in [0.29, 0.717) is 0 Å². The van der Waals surface area contributed by atoms with Gasteiger partial charge in [-0.25, -0.2) is 0 Å². The molecule has 2 bridgehead atoms. The fourth-order valence-electron chi connectivity index (χ4n) is 8.22. The average Bonchev–Trinajstić information content (AvgIpc) is 2.92. The summed E-state index contributed by atoms with van der Waals surface area (Å²) in [5.41, 5.74) is 3.02. The van der Waals surface area contributed by atoms with Crippen LogP contribution in [0.3, 0.4) is 0 Å². The highest BCUT2D eigenvalue weighted by molar-refractivity contribution is 5.03. The van der Waals surface area contributed by atoms with Crippen LogP contribution in [0.15, 0.2) is 23.3 Å². The Hall–Kier alpha value is -0.600. The minimum absolute atomic E-state index is 0.821. The number of unbranched alkanes of at least 4 members (excludes halogenated alkanes) is 10. The topological polar surface area (TPSA) is 6.48 Å². The Morgan fingerprint density at radius 2 is 1.29 bits per heavy atom. The van der Waals surface area contributed by atoms with E-state index >= 15 is 0 Å². The van der Waals surface area contributed by atoms with Gasteiger partial charge in [0.05, 0.1) is 0 Å². The smallest absolute Gasteiger partial charge is 0.0166 e. The van der Waals surface area contributed by atoms with Gasteiger partial charge in [0, 0.05) is 25.7 Å². The van der Waals surface area contributed by atoms with Crippen LogP contribution in [0.4, 0.5) is 0 Å². The van der Waals surface area contributed by atoms with E-state index in [0.717, 1.165) is 36.3 Å². The fourth-order valence-corrected chi connectivity index (χ4v) is 8.22. The lowest BCUT2D eigenvalue weighted by Gasteiger charge is -2.51. The average molecular weight is 571 g/mol. The van der Waals surface area contributed by atoms with E-state index in [1.54, 1.807) is 5.57 Å². The maximum absolute atomic E-state index is 3.03. The molecule has 0 amide bonds. The molecule has 5 unspecified atom stereocenters.